The average molecular weight is 651 g/mol. The molecule has 3 aromatic rings. The Bertz CT molecular complexity index is 1560. The zero-order valence-corrected chi connectivity index (χ0v) is 27.2. The number of amides is 4. The minimum atomic E-state index is -0.927. The molecule has 3 N–H and O–H groups in total. The second-order valence-electron chi connectivity index (χ2n) is 12.7. The lowest BCUT2D eigenvalue weighted by Crippen LogP contribution is -2.58. The molecule has 3 heterocycles. The van der Waals surface area contributed by atoms with Crippen molar-refractivity contribution in [3.05, 3.63) is 59.7 Å². The fraction of sp³-hybridized carbons (Fsp3) is 0.545. The minimum Gasteiger partial charge on any atom is -0.344 e. The molecule has 47 heavy (non-hydrogen) atoms. The van der Waals surface area contributed by atoms with E-state index in [1.54, 1.807) is 37.3 Å². The molecule has 2 fully saturated rings. The third-order valence-electron chi connectivity index (χ3n) is 9.51. The van der Waals surface area contributed by atoms with Crippen LogP contribution in [0.1, 0.15) is 93.5 Å². The zero-order chi connectivity index (χ0) is 33.7. The van der Waals surface area contributed by atoms with Gasteiger partial charge in [-0.15, -0.1) is 0 Å². The van der Waals surface area contributed by atoms with E-state index < -0.39 is 35.6 Å². The molecule has 0 bridgehead atoms. The van der Waals surface area contributed by atoms with Gasteiger partial charge in [-0.1, -0.05) is 51.8 Å². The number of rotatable bonds is 12. The summed E-state index contributed by atoms with van der Waals surface area (Å²) in [5, 5.41) is 15.8. The Hall–Kier alpha value is -4.62. The number of aryl methyl sites for hydroxylation is 1. The van der Waals surface area contributed by atoms with Crippen LogP contribution in [0.2, 0.25) is 0 Å². The molecule has 3 atom stereocenters. The summed E-state index contributed by atoms with van der Waals surface area (Å²) in [5.74, 6) is -2.55. The smallest absolute Gasteiger partial charge is 0.276 e. The number of hydrogen-bond donors (Lipinski definition) is 3. The largest absolute Gasteiger partial charge is 0.344 e. The second kappa shape index (κ2) is 14.9. The first-order valence-electron chi connectivity index (χ1n) is 16.4. The monoisotopic (exact) mass is 650 g/mol. The van der Waals surface area contributed by atoms with Crippen molar-refractivity contribution < 1.29 is 28.2 Å². The van der Waals surface area contributed by atoms with Crippen LogP contribution in [0, 0.1) is 17.7 Å². The van der Waals surface area contributed by atoms with Crippen LogP contribution in [-0.4, -0.2) is 73.6 Å². The Balaban J connectivity index is 1.30. The standard InChI is InChI=1S/C33H43FN8O5/c1-5-25-30(40-47-39-25)32(45)38-29(21-9-7-19(3)8-10-21)31(44)36-26-12-11-22(15-24(26)34)20(4)28(37-27(43)6-2)33(46)42-16-23(17-42)41-14-13-35-18-41/h11-15,18-21,23,28-29H,5-10,16-17H2,1-4H3,(H,36,44)(H,37,43)(H,38,45)/t19?,20-,21?,28+,29-/m0/s1. The summed E-state index contributed by atoms with van der Waals surface area (Å²) in [4.78, 5) is 58.5. The first-order chi connectivity index (χ1) is 22.6. The highest BCUT2D eigenvalue weighted by atomic mass is 19.1. The van der Waals surface area contributed by atoms with Gasteiger partial charge in [0.2, 0.25) is 17.7 Å². The number of carbonyl (C=O) groups excluding carboxylic acids is 4. The summed E-state index contributed by atoms with van der Waals surface area (Å²) in [5.41, 5.74) is 0.833. The van der Waals surface area contributed by atoms with Gasteiger partial charge in [-0.05, 0) is 54.0 Å². The normalized spacial score (nSPS) is 20.1. The summed E-state index contributed by atoms with van der Waals surface area (Å²) in [6, 6.07) is 2.62. The van der Waals surface area contributed by atoms with E-state index in [0.29, 0.717) is 36.7 Å². The third-order valence-corrected chi connectivity index (χ3v) is 9.51. The van der Waals surface area contributed by atoms with E-state index in [-0.39, 0.29) is 41.6 Å². The highest BCUT2D eigenvalue weighted by molar-refractivity contribution is 6.01. The lowest BCUT2D eigenvalue weighted by molar-refractivity contribution is -0.142. The van der Waals surface area contributed by atoms with Gasteiger partial charge in [-0.25, -0.2) is 14.0 Å². The van der Waals surface area contributed by atoms with Crippen molar-refractivity contribution in [3.63, 3.8) is 0 Å². The number of likely N-dealkylation sites (tertiary alicyclic amines) is 1. The Morgan fingerprint density at radius 2 is 1.81 bits per heavy atom. The average Bonchev–Trinajstić information content (AvgIpc) is 3.75. The molecule has 13 nitrogen and oxygen atoms in total. The van der Waals surface area contributed by atoms with Gasteiger partial charge < -0.3 is 25.4 Å². The molecular formula is C33H43FN8O5. The van der Waals surface area contributed by atoms with E-state index in [4.69, 9.17) is 4.63 Å². The summed E-state index contributed by atoms with van der Waals surface area (Å²) in [6.45, 7) is 8.39. The van der Waals surface area contributed by atoms with Crippen molar-refractivity contribution in [3.8, 4) is 0 Å². The molecule has 0 unspecified atom stereocenters. The topological polar surface area (TPSA) is 164 Å². The molecule has 14 heteroatoms. The maximum atomic E-state index is 15.6. The molecule has 2 aliphatic rings. The number of benzene rings is 1. The van der Waals surface area contributed by atoms with Crippen molar-refractivity contribution in [2.75, 3.05) is 18.4 Å². The zero-order valence-electron chi connectivity index (χ0n) is 27.2. The predicted molar refractivity (Wildman–Crippen MR) is 170 cm³/mol. The van der Waals surface area contributed by atoms with Crippen LogP contribution in [0.15, 0.2) is 41.5 Å². The fourth-order valence-corrected chi connectivity index (χ4v) is 6.34. The lowest BCUT2D eigenvalue weighted by atomic mass is 9.79. The van der Waals surface area contributed by atoms with Crippen LogP contribution in [0.25, 0.3) is 0 Å². The highest BCUT2D eigenvalue weighted by Gasteiger charge is 2.39. The third kappa shape index (κ3) is 7.68. The molecule has 252 valence electrons. The Labute approximate surface area is 273 Å². The van der Waals surface area contributed by atoms with Crippen molar-refractivity contribution >= 4 is 29.3 Å². The number of nitrogens with zero attached hydrogens (tertiary/aromatic N) is 5. The van der Waals surface area contributed by atoms with Crippen molar-refractivity contribution in [1.29, 1.82) is 0 Å². The van der Waals surface area contributed by atoms with Crippen LogP contribution >= 0.6 is 0 Å². The number of halogens is 1. The van der Waals surface area contributed by atoms with Gasteiger partial charge in [0.25, 0.3) is 5.91 Å². The number of nitrogens with one attached hydrogen (secondary N) is 3. The number of imidazole rings is 1. The molecule has 1 aromatic carbocycles. The molecule has 0 radical (unpaired) electrons. The van der Waals surface area contributed by atoms with Crippen LogP contribution in [0.4, 0.5) is 10.1 Å². The first-order valence-corrected chi connectivity index (χ1v) is 16.4. The van der Waals surface area contributed by atoms with Crippen LogP contribution < -0.4 is 16.0 Å². The molecule has 4 amide bonds. The van der Waals surface area contributed by atoms with Gasteiger partial charge in [0, 0.05) is 37.8 Å². The predicted octanol–water partition coefficient (Wildman–Crippen LogP) is 3.61. The van der Waals surface area contributed by atoms with Crippen molar-refractivity contribution in [2.45, 2.75) is 90.3 Å². The van der Waals surface area contributed by atoms with E-state index in [9.17, 15) is 19.2 Å². The highest BCUT2D eigenvalue weighted by Crippen LogP contribution is 2.32. The van der Waals surface area contributed by atoms with E-state index >= 15 is 4.39 Å². The molecule has 5 rings (SSSR count). The Morgan fingerprint density at radius 1 is 1.06 bits per heavy atom. The summed E-state index contributed by atoms with van der Waals surface area (Å²) in [6.07, 6.45) is 9.14. The van der Waals surface area contributed by atoms with E-state index in [0.717, 1.165) is 25.7 Å². The van der Waals surface area contributed by atoms with Crippen LogP contribution in [-0.2, 0) is 20.8 Å². The van der Waals surface area contributed by atoms with E-state index in [1.165, 1.54) is 12.1 Å². The van der Waals surface area contributed by atoms with E-state index in [2.05, 4.69) is 38.2 Å². The van der Waals surface area contributed by atoms with Gasteiger partial charge >= 0.3 is 0 Å². The maximum absolute atomic E-state index is 15.6. The summed E-state index contributed by atoms with van der Waals surface area (Å²) >= 11 is 0. The molecule has 1 saturated heterocycles. The number of carbonyl (C=O) groups is 4. The first kappa shape index (κ1) is 33.7. The van der Waals surface area contributed by atoms with Gasteiger partial charge in [-0.3, -0.25) is 19.2 Å². The van der Waals surface area contributed by atoms with Gasteiger partial charge in [-0.2, -0.15) is 0 Å². The number of hydrogen-bond acceptors (Lipinski definition) is 8. The molecular weight excluding hydrogens is 607 g/mol. The molecule has 1 aliphatic heterocycles. The molecule has 0 spiro atoms. The van der Waals surface area contributed by atoms with E-state index in [1.807, 2.05) is 17.7 Å². The molecule has 2 aromatic heterocycles. The second-order valence-corrected chi connectivity index (χ2v) is 12.7. The van der Waals surface area contributed by atoms with Crippen molar-refractivity contribution in [2.24, 2.45) is 11.8 Å². The molecule has 1 saturated carbocycles. The van der Waals surface area contributed by atoms with Crippen molar-refractivity contribution in [1.82, 2.24) is 35.4 Å². The molecule has 1 aliphatic carbocycles. The maximum Gasteiger partial charge on any atom is 0.276 e. The van der Waals surface area contributed by atoms with Crippen LogP contribution in [0.3, 0.4) is 0 Å². The van der Waals surface area contributed by atoms with Gasteiger partial charge in [0.15, 0.2) is 5.69 Å². The SMILES string of the molecule is CCC(=O)N[C@@H](C(=O)N1CC(n2ccnc2)C1)[C@@H](C)c1ccc(NC(=O)[C@@H](NC(=O)c2nonc2CC)C2CCC(C)CC2)c(F)c1. The summed E-state index contributed by atoms with van der Waals surface area (Å²) in [7, 11) is 0. The van der Waals surface area contributed by atoms with Crippen LogP contribution in [0.5, 0.6) is 0 Å². The fourth-order valence-electron chi connectivity index (χ4n) is 6.34. The lowest BCUT2D eigenvalue weighted by Gasteiger charge is -2.42. The number of anilines is 1. The minimum absolute atomic E-state index is 0.0220. The Kier molecular flexibility index (Phi) is 10.7. The van der Waals surface area contributed by atoms with Gasteiger partial charge in [0.1, 0.15) is 23.6 Å². The number of aromatic nitrogens is 4. The quantitative estimate of drug-likeness (QED) is 0.268. The summed E-state index contributed by atoms with van der Waals surface area (Å²) < 4.78 is 22.3. The Morgan fingerprint density at radius 3 is 2.45 bits per heavy atom. The van der Waals surface area contributed by atoms with Gasteiger partial charge in [0.05, 0.1) is 18.1 Å².